The van der Waals surface area contributed by atoms with Crippen molar-refractivity contribution in [2.75, 3.05) is 13.1 Å². The Morgan fingerprint density at radius 3 is 1.94 bits per heavy atom. The van der Waals surface area contributed by atoms with E-state index >= 15 is 0 Å². The Labute approximate surface area is 101 Å². The quantitative estimate of drug-likeness (QED) is 0.731. The van der Waals surface area contributed by atoms with Crippen LogP contribution in [-0.4, -0.2) is 18.6 Å². The van der Waals surface area contributed by atoms with E-state index in [4.69, 9.17) is 5.73 Å². The van der Waals surface area contributed by atoms with Gasteiger partial charge < -0.3 is 11.1 Å². The first kappa shape index (κ1) is 14.0. The molecule has 2 nitrogen and oxygen atoms in total. The number of nitrogens with one attached hydrogen (secondary N) is 1. The van der Waals surface area contributed by atoms with Crippen molar-refractivity contribution in [3.05, 3.63) is 0 Å². The van der Waals surface area contributed by atoms with E-state index in [2.05, 4.69) is 33.0 Å². The fraction of sp³-hybridized carbons (Fsp3) is 1.00. The van der Waals surface area contributed by atoms with E-state index in [1.165, 1.54) is 25.7 Å². The fourth-order valence-corrected chi connectivity index (χ4v) is 3.08. The van der Waals surface area contributed by atoms with Crippen molar-refractivity contribution in [3.63, 3.8) is 0 Å². The molecule has 0 aliphatic heterocycles. The summed E-state index contributed by atoms with van der Waals surface area (Å²) in [6, 6.07) is 0. The summed E-state index contributed by atoms with van der Waals surface area (Å²) in [7, 11) is 0. The first-order chi connectivity index (χ1) is 7.51. The molecule has 0 unspecified atom stereocenters. The monoisotopic (exact) mass is 226 g/mol. The lowest BCUT2D eigenvalue weighted by molar-refractivity contribution is 0.232. The average Bonchev–Trinajstić information content (AvgIpc) is 2.66. The van der Waals surface area contributed by atoms with E-state index in [1.807, 2.05) is 0 Å². The van der Waals surface area contributed by atoms with E-state index in [9.17, 15) is 0 Å². The van der Waals surface area contributed by atoms with Crippen LogP contribution >= 0.6 is 0 Å². The zero-order chi connectivity index (χ0) is 12.2. The Balaban J connectivity index is 2.47. The standard InChI is InChI=1S/C14H30N2/c1-11(2)13(12(3)4)9-16-14(10-15)7-5-6-8-14/h11-13,16H,5-10,15H2,1-4H3. The molecule has 1 rings (SSSR count). The molecule has 0 atom stereocenters. The molecule has 2 heteroatoms. The van der Waals surface area contributed by atoms with E-state index in [-0.39, 0.29) is 5.54 Å². The first-order valence-electron chi connectivity index (χ1n) is 6.96. The Bertz CT molecular complexity index is 185. The van der Waals surface area contributed by atoms with Crippen LogP contribution in [0.2, 0.25) is 0 Å². The van der Waals surface area contributed by atoms with Crippen LogP contribution in [-0.2, 0) is 0 Å². The maximum atomic E-state index is 5.94. The summed E-state index contributed by atoms with van der Waals surface area (Å²) in [5, 5.41) is 3.78. The molecular weight excluding hydrogens is 196 g/mol. The maximum absolute atomic E-state index is 5.94. The Hall–Kier alpha value is -0.0800. The van der Waals surface area contributed by atoms with Gasteiger partial charge in [-0.15, -0.1) is 0 Å². The van der Waals surface area contributed by atoms with Crippen LogP contribution in [0.4, 0.5) is 0 Å². The van der Waals surface area contributed by atoms with E-state index in [0.717, 1.165) is 30.8 Å². The topological polar surface area (TPSA) is 38.0 Å². The van der Waals surface area contributed by atoms with Crippen LogP contribution in [0.25, 0.3) is 0 Å². The molecule has 1 saturated carbocycles. The molecule has 96 valence electrons. The van der Waals surface area contributed by atoms with Gasteiger partial charge in [-0.2, -0.15) is 0 Å². The highest BCUT2D eigenvalue weighted by Gasteiger charge is 2.32. The van der Waals surface area contributed by atoms with Gasteiger partial charge in [0.25, 0.3) is 0 Å². The van der Waals surface area contributed by atoms with Crippen LogP contribution in [0.5, 0.6) is 0 Å². The Morgan fingerprint density at radius 2 is 1.56 bits per heavy atom. The molecule has 0 heterocycles. The molecule has 0 aromatic carbocycles. The van der Waals surface area contributed by atoms with E-state index in [0.29, 0.717) is 0 Å². The molecule has 0 saturated heterocycles. The molecular formula is C14H30N2. The second kappa shape index (κ2) is 6.02. The zero-order valence-electron chi connectivity index (χ0n) is 11.6. The third-order valence-corrected chi connectivity index (χ3v) is 4.38. The van der Waals surface area contributed by atoms with Gasteiger partial charge in [0, 0.05) is 12.1 Å². The van der Waals surface area contributed by atoms with Gasteiger partial charge in [-0.05, 0) is 37.1 Å². The van der Waals surface area contributed by atoms with Crippen molar-refractivity contribution >= 4 is 0 Å². The van der Waals surface area contributed by atoms with Gasteiger partial charge in [-0.25, -0.2) is 0 Å². The first-order valence-corrected chi connectivity index (χ1v) is 6.96. The van der Waals surface area contributed by atoms with Gasteiger partial charge in [-0.1, -0.05) is 40.5 Å². The van der Waals surface area contributed by atoms with Crippen LogP contribution in [0.15, 0.2) is 0 Å². The van der Waals surface area contributed by atoms with Gasteiger partial charge in [0.2, 0.25) is 0 Å². The summed E-state index contributed by atoms with van der Waals surface area (Å²) >= 11 is 0. The number of nitrogens with two attached hydrogens (primary N) is 1. The van der Waals surface area contributed by atoms with Crippen LogP contribution < -0.4 is 11.1 Å². The molecule has 0 bridgehead atoms. The van der Waals surface area contributed by atoms with Gasteiger partial charge in [0.1, 0.15) is 0 Å². The largest absolute Gasteiger partial charge is 0.329 e. The lowest BCUT2D eigenvalue weighted by Crippen LogP contribution is -2.51. The molecule has 0 spiro atoms. The van der Waals surface area contributed by atoms with E-state index in [1.54, 1.807) is 0 Å². The van der Waals surface area contributed by atoms with Gasteiger partial charge in [-0.3, -0.25) is 0 Å². The maximum Gasteiger partial charge on any atom is 0.0304 e. The second-order valence-corrected chi connectivity index (χ2v) is 6.22. The van der Waals surface area contributed by atoms with Gasteiger partial charge >= 0.3 is 0 Å². The molecule has 0 radical (unpaired) electrons. The molecule has 16 heavy (non-hydrogen) atoms. The summed E-state index contributed by atoms with van der Waals surface area (Å²) in [5.74, 6) is 2.27. The number of hydrogen-bond donors (Lipinski definition) is 2. The predicted octanol–water partition coefficient (Wildman–Crippen LogP) is 2.78. The lowest BCUT2D eigenvalue weighted by atomic mass is 9.84. The highest BCUT2D eigenvalue weighted by Crippen LogP contribution is 2.29. The molecule has 1 fully saturated rings. The van der Waals surface area contributed by atoms with Crippen LogP contribution in [0.3, 0.4) is 0 Å². The highest BCUT2D eigenvalue weighted by atomic mass is 15.0. The van der Waals surface area contributed by atoms with Gasteiger partial charge in [0.15, 0.2) is 0 Å². The Kier molecular flexibility index (Phi) is 5.26. The summed E-state index contributed by atoms with van der Waals surface area (Å²) in [6.45, 7) is 11.3. The molecule has 0 aromatic rings. The van der Waals surface area contributed by atoms with Crippen LogP contribution in [0.1, 0.15) is 53.4 Å². The van der Waals surface area contributed by atoms with Gasteiger partial charge in [0.05, 0.1) is 0 Å². The minimum Gasteiger partial charge on any atom is -0.329 e. The molecule has 1 aliphatic rings. The fourth-order valence-electron chi connectivity index (χ4n) is 3.08. The van der Waals surface area contributed by atoms with Crippen LogP contribution in [0, 0.1) is 17.8 Å². The Morgan fingerprint density at radius 1 is 1.06 bits per heavy atom. The van der Waals surface area contributed by atoms with E-state index < -0.39 is 0 Å². The predicted molar refractivity (Wildman–Crippen MR) is 71.4 cm³/mol. The van der Waals surface area contributed by atoms with Crippen molar-refractivity contribution < 1.29 is 0 Å². The van der Waals surface area contributed by atoms with Crippen molar-refractivity contribution in [2.45, 2.75) is 58.9 Å². The van der Waals surface area contributed by atoms with Crippen molar-refractivity contribution in [3.8, 4) is 0 Å². The third kappa shape index (κ3) is 3.46. The average molecular weight is 226 g/mol. The van der Waals surface area contributed by atoms with Crippen molar-refractivity contribution in [2.24, 2.45) is 23.5 Å². The summed E-state index contributed by atoms with van der Waals surface area (Å²) in [4.78, 5) is 0. The number of rotatable bonds is 6. The molecule has 0 amide bonds. The summed E-state index contributed by atoms with van der Waals surface area (Å²) in [5.41, 5.74) is 6.21. The minimum absolute atomic E-state index is 0.266. The molecule has 3 N–H and O–H groups in total. The summed E-state index contributed by atoms with van der Waals surface area (Å²) < 4.78 is 0. The highest BCUT2D eigenvalue weighted by molar-refractivity contribution is 4.94. The SMILES string of the molecule is CC(C)C(CNC1(CN)CCCC1)C(C)C. The molecule has 0 aromatic heterocycles. The third-order valence-electron chi connectivity index (χ3n) is 4.38. The number of hydrogen-bond acceptors (Lipinski definition) is 2. The smallest absolute Gasteiger partial charge is 0.0304 e. The summed E-state index contributed by atoms with van der Waals surface area (Å²) in [6.07, 6.45) is 5.23. The second-order valence-electron chi connectivity index (χ2n) is 6.22. The normalized spacial score (nSPS) is 20.2. The lowest BCUT2D eigenvalue weighted by Gasteiger charge is -2.34. The van der Waals surface area contributed by atoms with Crippen molar-refractivity contribution in [1.82, 2.24) is 5.32 Å². The molecule has 1 aliphatic carbocycles. The van der Waals surface area contributed by atoms with Crippen molar-refractivity contribution in [1.29, 1.82) is 0 Å². The zero-order valence-corrected chi connectivity index (χ0v) is 11.6. The minimum atomic E-state index is 0.266.